The summed E-state index contributed by atoms with van der Waals surface area (Å²) in [4.78, 5) is 2.62. The van der Waals surface area contributed by atoms with E-state index in [1.807, 2.05) is 0 Å². The Morgan fingerprint density at radius 1 is 0.895 bits per heavy atom. The first kappa shape index (κ1) is 12.4. The summed E-state index contributed by atoms with van der Waals surface area (Å²) < 4.78 is 0. The third kappa shape index (κ3) is 3.45. The summed E-state index contributed by atoms with van der Waals surface area (Å²) in [6.45, 7) is 4.31. The normalized spacial score (nSPS) is 14.8. The third-order valence-corrected chi connectivity index (χ3v) is 3.76. The number of benzene rings is 2. The monoisotopic (exact) mass is 251 g/mol. The van der Waals surface area contributed by atoms with Crippen molar-refractivity contribution in [2.45, 2.75) is 38.9 Å². The zero-order valence-corrected chi connectivity index (χ0v) is 11.5. The highest BCUT2D eigenvalue weighted by Crippen LogP contribution is 2.29. The molecule has 3 rings (SSSR count). The first-order valence-corrected chi connectivity index (χ1v) is 7.15. The van der Waals surface area contributed by atoms with Crippen LogP contribution in [-0.4, -0.2) is 10.9 Å². The predicted molar refractivity (Wildman–Crippen MR) is 79.9 cm³/mol. The fraction of sp³-hybridized carbons (Fsp3) is 0.333. The van der Waals surface area contributed by atoms with E-state index in [0.29, 0.717) is 0 Å². The zero-order chi connectivity index (χ0) is 13.1. The van der Waals surface area contributed by atoms with Crippen molar-refractivity contribution in [3.8, 4) is 0 Å². The van der Waals surface area contributed by atoms with Gasteiger partial charge in [0.25, 0.3) is 0 Å². The minimum atomic E-state index is 0.792. The van der Waals surface area contributed by atoms with Gasteiger partial charge >= 0.3 is 0 Å². The van der Waals surface area contributed by atoms with Crippen LogP contribution in [0.25, 0.3) is 0 Å². The molecule has 1 aliphatic carbocycles. The van der Waals surface area contributed by atoms with E-state index in [1.54, 1.807) is 0 Å². The summed E-state index contributed by atoms with van der Waals surface area (Å²) in [7, 11) is 0. The van der Waals surface area contributed by atoms with Crippen molar-refractivity contribution in [2.24, 2.45) is 0 Å². The van der Waals surface area contributed by atoms with Crippen molar-refractivity contribution >= 4 is 0 Å². The average Bonchev–Trinajstić information content (AvgIpc) is 3.23. The van der Waals surface area contributed by atoms with Gasteiger partial charge in [0.15, 0.2) is 0 Å². The van der Waals surface area contributed by atoms with Crippen molar-refractivity contribution in [3.05, 3.63) is 71.3 Å². The van der Waals surface area contributed by atoms with E-state index in [1.165, 1.54) is 29.5 Å². The van der Waals surface area contributed by atoms with E-state index >= 15 is 0 Å². The summed E-state index contributed by atoms with van der Waals surface area (Å²) >= 11 is 0. The highest BCUT2D eigenvalue weighted by atomic mass is 15.2. The van der Waals surface area contributed by atoms with Crippen molar-refractivity contribution in [1.82, 2.24) is 4.90 Å². The van der Waals surface area contributed by atoms with E-state index in [4.69, 9.17) is 0 Å². The Morgan fingerprint density at radius 2 is 1.58 bits per heavy atom. The molecule has 1 saturated carbocycles. The molecule has 1 fully saturated rings. The summed E-state index contributed by atoms with van der Waals surface area (Å²) in [5.74, 6) is 0. The number of aryl methyl sites for hydroxylation is 1. The van der Waals surface area contributed by atoms with Crippen molar-refractivity contribution < 1.29 is 0 Å². The fourth-order valence-electron chi connectivity index (χ4n) is 2.62. The van der Waals surface area contributed by atoms with Crippen LogP contribution in [0, 0.1) is 6.92 Å². The van der Waals surface area contributed by atoms with Gasteiger partial charge in [-0.3, -0.25) is 4.90 Å². The number of hydrogen-bond donors (Lipinski definition) is 0. The van der Waals surface area contributed by atoms with Gasteiger partial charge in [0.05, 0.1) is 0 Å². The van der Waals surface area contributed by atoms with Crippen molar-refractivity contribution in [2.75, 3.05) is 0 Å². The van der Waals surface area contributed by atoms with Crippen LogP contribution >= 0.6 is 0 Å². The molecule has 0 heterocycles. The van der Waals surface area contributed by atoms with Crippen LogP contribution in [0.4, 0.5) is 0 Å². The molecule has 1 aliphatic rings. The molecular formula is C18H21N. The second kappa shape index (κ2) is 5.58. The standard InChI is InChI=1S/C18H21N/c1-15-6-5-9-17(12-15)14-19(18-10-11-18)13-16-7-3-2-4-8-16/h2-9,12,18H,10-11,13-14H2,1H3. The Hall–Kier alpha value is -1.60. The number of rotatable bonds is 5. The first-order valence-electron chi connectivity index (χ1n) is 7.15. The van der Waals surface area contributed by atoms with Crippen LogP contribution in [0.3, 0.4) is 0 Å². The maximum atomic E-state index is 2.62. The predicted octanol–water partition coefficient (Wildman–Crippen LogP) is 4.16. The van der Waals surface area contributed by atoms with Crippen molar-refractivity contribution in [3.63, 3.8) is 0 Å². The summed E-state index contributed by atoms with van der Waals surface area (Å²) in [6, 6.07) is 20.5. The summed E-state index contributed by atoms with van der Waals surface area (Å²) in [6.07, 6.45) is 2.72. The van der Waals surface area contributed by atoms with Crippen LogP contribution in [0.15, 0.2) is 54.6 Å². The minimum Gasteiger partial charge on any atom is -0.292 e. The summed E-state index contributed by atoms with van der Waals surface area (Å²) in [5, 5.41) is 0. The highest BCUT2D eigenvalue weighted by molar-refractivity contribution is 5.23. The molecule has 0 unspecified atom stereocenters. The van der Waals surface area contributed by atoms with Gasteiger partial charge in [0, 0.05) is 19.1 Å². The lowest BCUT2D eigenvalue weighted by atomic mass is 10.1. The Bertz CT molecular complexity index is 528. The molecule has 0 spiro atoms. The molecule has 2 aromatic rings. The summed E-state index contributed by atoms with van der Waals surface area (Å²) in [5.41, 5.74) is 4.21. The molecule has 1 heteroatoms. The molecule has 0 N–H and O–H groups in total. The number of hydrogen-bond acceptors (Lipinski definition) is 1. The zero-order valence-electron chi connectivity index (χ0n) is 11.5. The lowest BCUT2D eigenvalue weighted by Crippen LogP contribution is -2.25. The molecule has 1 nitrogen and oxygen atoms in total. The molecule has 19 heavy (non-hydrogen) atoms. The topological polar surface area (TPSA) is 3.24 Å². The molecule has 0 radical (unpaired) electrons. The van der Waals surface area contributed by atoms with Crippen LogP contribution in [0.2, 0.25) is 0 Å². The quantitative estimate of drug-likeness (QED) is 0.771. The van der Waals surface area contributed by atoms with Gasteiger partial charge in [-0.1, -0.05) is 60.2 Å². The lowest BCUT2D eigenvalue weighted by Gasteiger charge is -2.22. The Labute approximate surface area is 115 Å². The van der Waals surface area contributed by atoms with E-state index in [9.17, 15) is 0 Å². The van der Waals surface area contributed by atoms with Gasteiger partial charge in [0.2, 0.25) is 0 Å². The second-order valence-electron chi connectivity index (χ2n) is 5.61. The third-order valence-electron chi connectivity index (χ3n) is 3.76. The van der Waals surface area contributed by atoms with Gasteiger partial charge < -0.3 is 0 Å². The van der Waals surface area contributed by atoms with Gasteiger partial charge in [-0.15, -0.1) is 0 Å². The molecule has 98 valence electrons. The van der Waals surface area contributed by atoms with Crippen LogP contribution in [-0.2, 0) is 13.1 Å². The van der Waals surface area contributed by atoms with E-state index in [2.05, 4.69) is 66.4 Å². The van der Waals surface area contributed by atoms with Crippen LogP contribution in [0.5, 0.6) is 0 Å². The lowest BCUT2D eigenvalue weighted by molar-refractivity contribution is 0.246. The van der Waals surface area contributed by atoms with Gasteiger partial charge in [-0.25, -0.2) is 0 Å². The Morgan fingerprint density at radius 3 is 2.26 bits per heavy atom. The van der Waals surface area contributed by atoms with Gasteiger partial charge in [-0.2, -0.15) is 0 Å². The van der Waals surface area contributed by atoms with E-state index < -0.39 is 0 Å². The first-order chi connectivity index (χ1) is 9.31. The molecule has 0 amide bonds. The fourth-order valence-corrected chi connectivity index (χ4v) is 2.62. The highest BCUT2D eigenvalue weighted by Gasteiger charge is 2.28. The van der Waals surface area contributed by atoms with E-state index in [-0.39, 0.29) is 0 Å². The molecule has 0 saturated heterocycles. The molecular weight excluding hydrogens is 230 g/mol. The molecule has 0 bridgehead atoms. The van der Waals surface area contributed by atoms with E-state index in [0.717, 1.165) is 19.1 Å². The van der Waals surface area contributed by atoms with Gasteiger partial charge in [0.1, 0.15) is 0 Å². The SMILES string of the molecule is Cc1cccc(CN(Cc2ccccc2)C2CC2)c1. The average molecular weight is 251 g/mol. The minimum absolute atomic E-state index is 0.792. The maximum Gasteiger partial charge on any atom is 0.0240 e. The largest absolute Gasteiger partial charge is 0.292 e. The molecule has 2 aromatic carbocycles. The number of nitrogens with zero attached hydrogens (tertiary/aromatic N) is 1. The molecule has 0 atom stereocenters. The van der Waals surface area contributed by atoms with Crippen LogP contribution < -0.4 is 0 Å². The smallest absolute Gasteiger partial charge is 0.0240 e. The molecule has 0 aliphatic heterocycles. The Balaban J connectivity index is 1.71. The van der Waals surface area contributed by atoms with Crippen LogP contribution in [0.1, 0.15) is 29.5 Å². The van der Waals surface area contributed by atoms with Gasteiger partial charge in [-0.05, 0) is 30.9 Å². The molecule has 0 aromatic heterocycles. The maximum absolute atomic E-state index is 2.62. The van der Waals surface area contributed by atoms with Crippen molar-refractivity contribution in [1.29, 1.82) is 0 Å². The Kier molecular flexibility index (Phi) is 3.65. The second-order valence-corrected chi connectivity index (χ2v) is 5.61.